The molecule has 4 amide bonds. The molecule has 0 spiro atoms. The Kier molecular flexibility index (Phi) is 16.6. The van der Waals surface area contributed by atoms with Gasteiger partial charge >= 0.3 is 11.9 Å². The number of aromatic carboxylic acids is 1. The number of hydrogen-bond donors (Lipinski definition) is 5. The highest BCUT2D eigenvalue weighted by molar-refractivity contribution is 7.22. The SMILES string of the molecule is Cc1ncsc1-c1ccc([C@H](C)NC(=O)[C@@H]2C[C@@H](O)CN2C(=O)[C@@H](NC(=O)C(F)(F)CCc2ccc(Oc3cccc(-c4ccc(N5CCc6cccc(C(=O)Nc7nc8ccccc8s7)c6C5)nc4C(=O)O)c3C)cc2)C(C)(C)C)cc1. The Labute approximate surface area is 486 Å². The van der Waals surface area contributed by atoms with Crippen LogP contribution >= 0.6 is 22.7 Å². The number of aliphatic hydroxyl groups is 1. The number of nitrogens with one attached hydrogen (secondary N) is 3. The van der Waals surface area contributed by atoms with Crippen LogP contribution in [0, 0.1) is 19.3 Å². The van der Waals surface area contributed by atoms with E-state index in [9.17, 15) is 34.2 Å². The number of nitrogens with zero attached hydrogens (tertiary/aromatic N) is 5. The first-order valence-corrected chi connectivity index (χ1v) is 28.9. The summed E-state index contributed by atoms with van der Waals surface area (Å²) in [6, 6.07) is 33.1. The summed E-state index contributed by atoms with van der Waals surface area (Å²) in [4.78, 5) is 85.7. The number of halogens is 2. The van der Waals surface area contributed by atoms with Gasteiger partial charge in [0.25, 0.3) is 11.8 Å². The summed E-state index contributed by atoms with van der Waals surface area (Å²) in [5.74, 6) is -7.11. The molecular formula is C63H62F2N8O8S2. The Morgan fingerprint density at radius 1 is 0.855 bits per heavy atom. The van der Waals surface area contributed by atoms with Gasteiger partial charge in [0.2, 0.25) is 11.8 Å². The van der Waals surface area contributed by atoms with Gasteiger partial charge in [0.1, 0.15) is 29.4 Å². The third kappa shape index (κ3) is 12.6. The molecule has 83 heavy (non-hydrogen) atoms. The summed E-state index contributed by atoms with van der Waals surface area (Å²) >= 11 is 2.92. The highest BCUT2D eigenvalue weighted by Crippen LogP contribution is 2.38. The number of carbonyl (C=O) groups excluding carboxylic acids is 4. The number of aryl methyl sites for hydroxylation is 2. The molecule has 16 nitrogen and oxygen atoms in total. The van der Waals surface area contributed by atoms with Crippen molar-refractivity contribution in [2.24, 2.45) is 5.41 Å². The topological polar surface area (TPSA) is 216 Å². The van der Waals surface area contributed by atoms with Gasteiger partial charge in [0.15, 0.2) is 10.8 Å². The number of β-amino-alcohol motifs (C(OH)–C–C–N with tert-alkyl or cyclic N) is 1. The van der Waals surface area contributed by atoms with Crippen LogP contribution in [0.15, 0.2) is 127 Å². The van der Waals surface area contributed by atoms with Gasteiger partial charge in [-0.25, -0.2) is 19.7 Å². The van der Waals surface area contributed by atoms with Crippen molar-refractivity contribution < 1.29 is 47.7 Å². The molecule has 2 aliphatic rings. The Balaban J connectivity index is 0.757. The molecule has 20 heteroatoms. The number of ether oxygens (including phenoxy) is 1. The number of para-hydroxylation sites is 1. The van der Waals surface area contributed by atoms with Gasteiger partial charge in [-0.1, -0.05) is 105 Å². The second kappa shape index (κ2) is 23.8. The molecule has 10 rings (SSSR count). The summed E-state index contributed by atoms with van der Waals surface area (Å²) < 4.78 is 38.9. The average Bonchev–Trinajstić information content (AvgIpc) is 4.33. The van der Waals surface area contributed by atoms with Gasteiger partial charge < -0.3 is 35.4 Å². The molecule has 428 valence electrons. The van der Waals surface area contributed by atoms with Crippen LogP contribution in [0.3, 0.4) is 0 Å². The van der Waals surface area contributed by atoms with E-state index < -0.39 is 65.7 Å². The maximum Gasteiger partial charge on any atom is 0.355 e. The summed E-state index contributed by atoms with van der Waals surface area (Å²) in [5.41, 5.74) is 8.43. The lowest BCUT2D eigenvalue weighted by Crippen LogP contribution is -2.59. The number of carbonyl (C=O) groups is 5. The number of anilines is 2. The van der Waals surface area contributed by atoms with Crippen molar-refractivity contribution in [3.8, 4) is 33.1 Å². The zero-order chi connectivity index (χ0) is 58.9. The molecule has 0 saturated carbocycles. The van der Waals surface area contributed by atoms with E-state index in [2.05, 4.69) is 30.9 Å². The number of aromatic nitrogens is 3. The van der Waals surface area contributed by atoms with E-state index in [1.807, 2.05) is 72.5 Å². The summed E-state index contributed by atoms with van der Waals surface area (Å²) in [5, 5.41) is 29.9. The second-order valence-electron chi connectivity index (χ2n) is 22.1. The zero-order valence-electron chi connectivity index (χ0n) is 46.5. The maximum atomic E-state index is 15.8. The molecule has 1 saturated heterocycles. The molecule has 0 bridgehead atoms. The lowest BCUT2D eigenvalue weighted by molar-refractivity contribution is -0.153. The lowest BCUT2D eigenvalue weighted by Gasteiger charge is -2.36. The fourth-order valence-corrected chi connectivity index (χ4v) is 12.3. The van der Waals surface area contributed by atoms with E-state index >= 15 is 8.78 Å². The van der Waals surface area contributed by atoms with E-state index in [4.69, 9.17) is 4.74 Å². The number of aliphatic hydroxyl groups excluding tert-OH is 1. The van der Waals surface area contributed by atoms with Crippen molar-refractivity contribution in [2.45, 2.75) is 104 Å². The third-order valence-electron chi connectivity index (χ3n) is 15.3. The number of rotatable bonds is 17. The molecule has 5 aromatic carbocycles. The molecule has 2 aliphatic heterocycles. The van der Waals surface area contributed by atoms with Gasteiger partial charge in [0, 0.05) is 43.6 Å². The quantitative estimate of drug-likeness (QED) is 0.0576. The Morgan fingerprint density at radius 3 is 2.31 bits per heavy atom. The zero-order valence-corrected chi connectivity index (χ0v) is 48.2. The smallest absolute Gasteiger partial charge is 0.355 e. The maximum absolute atomic E-state index is 15.8. The number of thiazole rings is 2. The van der Waals surface area contributed by atoms with Crippen LogP contribution in [-0.4, -0.2) is 96.9 Å². The van der Waals surface area contributed by atoms with Crippen LogP contribution in [0.25, 0.3) is 31.8 Å². The number of alkyl halides is 2. The van der Waals surface area contributed by atoms with Gasteiger partial charge in [-0.15, -0.1) is 11.3 Å². The molecule has 4 atom stereocenters. The van der Waals surface area contributed by atoms with Gasteiger partial charge in [-0.2, -0.15) is 8.78 Å². The predicted octanol–water partition coefficient (Wildman–Crippen LogP) is 11.3. The van der Waals surface area contributed by atoms with E-state index in [1.54, 1.807) is 101 Å². The largest absolute Gasteiger partial charge is 0.476 e. The minimum atomic E-state index is -3.90. The number of amides is 4. The Hall–Kier alpha value is -8.46. The van der Waals surface area contributed by atoms with Crippen molar-refractivity contribution >= 4 is 73.4 Å². The van der Waals surface area contributed by atoms with Crippen molar-refractivity contribution in [1.82, 2.24) is 30.5 Å². The number of carboxylic acids is 1. The number of likely N-dealkylation sites (tertiary alicyclic amines) is 1. The van der Waals surface area contributed by atoms with Gasteiger partial charge in [0.05, 0.1) is 38.4 Å². The average molecular weight is 1160 g/mol. The van der Waals surface area contributed by atoms with Crippen molar-refractivity contribution in [3.05, 3.63) is 172 Å². The Bertz CT molecular complexity index is 3740. The minimum Gasteiger partial charge on any atom is -0.476 e. The predicted molar refractivity (Wildman–Crippen MR) is 316 cm³/mol. The number of benzene rings is 5. The highest BCUT2D eigenvalue weighted by atomic mass is 32.1. The van der Waals surface area contributed by atoms with Crippen LogP contribution in [0.4, 0.5) is 19.7 Å². The summed E-state index contributed by atoms with van der Waals surface area (Å²) in [6.45, 7) is 11.1. The van der Waals surface area contributed by atoms with Crippen LogP contribution in [0.2, 0.25) is 0 Å². The number of hydrogen-bond acceptors (Lipinski definition) is 13. The summed E-state index contributed by atoms with van der Waals surface area (Å²) in [7, 11) is 0. The van der Waals surface area contributed by atoms with E-state index in [0.717, 1.165) is 43.0 Å². The molecule has 1 fully saturated rings. The molecule has 0 unspecified atom stereocenters. The number of pyridine rings is 1. The molecule has 5 N–H and O–H groups in total. The first kappa shape index (κ1) is 57.8. The fourth-order valence-electron chi connectivity index (χ4n) is 10.6. The first-order chi connectivity index (χ1) is 39.6. The third-order valence-corrected chi connectivity index (χ3v) is 17.2. The van der Waals surface area contributed by atoms with Gasteiger partial charge in [-0.05, 0) is 127 Å². The molecule has 0 radical (unpaired) electrons. The van der Waals surface area contributed by atoms with Crippen LogP contribution in [0.1, 0.15) is 101 Å². The number of carboxylic acid groups (broad SMARTS) is 1. The van der Waals surface area contributed by atoms with Crippen LogP contribution in [0.5, 0.6) is 11.5 Å². The van der Waals surface area contributed by atoms with E-state index in [-0.39, 0.29) is 31.0 Å². The summed E-state index contributed by atoms with van der Waals surface area (Å²) in [6.07, 6.45) is -1.59. The molecule has 3 aromatic heterocycles. The number of fused-ring (bicyclic) bond motifs is 2. The molecule has 8 aromatic rings. The molecular weight excluding hydrogens is 1100 g/mol. The van der Waals surface area contributed by atoms with Crippen molar-refractivity contribution in [2.75, 3.05) is 23.3 Å². The van der Waals surface area contributed by atoms with Crippen molar-refractivity contribution in [1.29, 1.82) is 0 Å². The van der Waals surface area contributed by atoms with Crippen molar-refractivity contribution in [3.63, 3.8) is 0 Å². The molecule has 0 aliphatic carbocycles. The van der Waals surface area contributed by atoms with E-state index in [1.165, 1.54) is 27.6 Å². The highest BCUT2D eigenvalue weighted by Gasteiger charge is 2.48. The fraction of sp³-hybridized carbons (Fsp3) is 0.302. The first-order valence-electron chi connectivity index (χ1n) is 27.2. The standard InChI is InChI=1S/C63H62F2N8O8S2/c1-35-44(45-25-26-52(69-53(45)59(78)79)72-30-28-40-11-9-13-46(47(40)33-72)56(75)71-61-68-48-14-7-8-16-51(48)83-61)12-10-15-50(35)81-43-23-17-38(18-24-43)27-29-63(64,65)60(80)70-55(62(4,5)6)58(77)73-32-42(74)31-49(73)57(76)67-36(2)39-19-21-41(22-20-39)54-37(3)66-34-82-54/h7-26,34,36,42,49,55,74H,27-33H2,1-6H3,(H,67,76)(H,70,80)(H,78,79)(H,68,71,75)/t36-,42+,49-,55+/m0/s1. The minimum absolute atomic E-state index is 0.0679. The second-order valence-corrected chi connectivity index (χ2v) is 24.0. The monoisotopic (exact) mass is 1160 g/mol. The van der Waals surface area contributed by atoms with Crippen LogP contribution in [-0.2, 0) is 33.8 Å². The molecule has 5 heterocycles. The normalized spacial score (nSPS) is 16.0. The van der Waals surface area contributed by atoms with Crippen LogP contribution < -0.4 is 25.6 Å². The van der Waals surface area contributed by atoms with Gasteiger partial charge in [-0.3, -0.25) is 24.5 Å². The lowest BCUT2D eigenvalue weighted by atomic mass is 9.85. The van der Waals surface area contributed by atoms with E-state index in [0.29, 0.717) is 69.8 Å². The Morgan fingerprint density at radius 2 is 1.60 bits per heavy atom.